The molecular weight excluding hydrogens is 326 g/mol. The molecule has 25 heavy (non-hydrogen) atoms. The van der Waals surface area contributed by atoms with Crippen LogP contribution in [-0.4, -0.2) is 61.0 Å². The van der Waals surface area contributed by atoms with Gasteiger partial charge in [-0.25, -0.2) is 0 Å². The largest absolute Gasteiger partial charge is 0.493 e. The number of hydrogen-bond donors (Lipinski definition) is 2. The summed E-state index contributed by atoms with van der Waals surface area (Å²) < 4.78 is 16.5. The molecule has 1 amide bonds. The maximum absolute atomic E-state index is 12.9. The zero-order chi connectivity index (χ0) is 18.1. The maximum atomic E-state index is 12.9. The summed E-state index contributed by atoms with van der Waals surface area (Å²) in [5.74, 6) is 0.745. The second-order valence-electron chi connectivity index (χ2n) is 6.28. The number of benzene rings is 1. The number of carbonyl (C=O) groups excluding carboxylic acids is 1. The highest BCUT2D eigenvalue weighted by atomic mass is 16.5. The number of ether oxygens (including phenoxy) is 2. The maximum Gasteiger partial charge on any atom is 0.289 e. The number of amides is 1. The second-order valence-corrected chi connectivity index (χ2v) is 6.28. The molecule has 7 heteroatoms. The van der Waals surface area contributed by atoms with Crippen molar-refractivity contribution in [2.45, 2.75) is 19.4 Å². The van der Waals surface area contributed by atoms with E-state index in [4.69, 9.17) is 13.9 Å². The van der Waals surface area contributed by atoms with Gasteiger partial charge in [-0.1, -0.05) is 0 Å². The van der Waals surface area contributed by atoms with Crippen LogP contribution in [0.2, 0.25) is 0 Å². The Labute approximate surface area is 145 Å². The standard InChI is InChI=1S/C18H23NO6/c1-10-12-4-5-14(23-2)17(24-3)16(12)25-15(10)18(22)19-7-6-11(9-20)13(21)8-19/h4-5,11,13,20-21H,6-9H2,1-3H3/t11-,13-/m1/s1. The van der Waals surface area contributed by atoms with E-state index < -0.39 is 6.10 Å². The number of nitrogens with zero attached hydrogens (tertiary/aromatic N) is 1. The molecule has 0 radical (unpaired) electrons. The van der Waals surface area contributed by atoms with Crippen molar-refractivity contribution >= 4 is 16.9 Å². The fourth-order valence-corrected chi connectivity index (χ4v) is 3.32. The van der Waals surface area contributed by atoms with Crippen molar-refractivity contribution in [1.82, 2.24) is 4.90 Å². The van der Waals surface area contributed by atoms with Crippen LogP contribution < -0.4 is 9.47 Å². The predicted molar refractivity (Wildman–Crippen MR) is 91.2 cm³/mol. The third-order valence-electron chi connectivity index (χ3n) is 4.89. The Balaban J connectivity index is 1.96. The average Bonchev–Trinajstić information content (AvgIpc) is 2.96. The molecule has 136 valence electrons. The van der Waals surface area contributed by atoms with Gasteiger partial charge in [0.15, 0.2) is 17.1 Å². The molecule has 7 nitrogen and oxygen atoms in total. The van der Waals surface area contributed by atoms with E-state index in [1.807, 2.05) is 13.0 Å². The first-order valence-electron chi connectivity index (χ1n) is 8.24. The zero-order valence-corrected chi connectivity index (χ0v) is 14.6. The summed E-state index contributed by atoms with van der Waals surface area (Å²) in [5.41, 5.74) is 1.19. The molecule has 2 N–H and O–H groups in total. The number of hydrogen-bond acceptors (Lipinski definition) is 6. The van der Waals surface area contributed by atoms with Gasteiger partial charge in [-0.3, -0.25) is 4.79 Å². The minimum atomic E-state index is -0.734. The summed E-state index contributed by atoms with van der Waals surface area (Å²) in [5, 5.41) is 20.1. The van der Waals surface area contributed by atoms with E-state index in [1.54, 1.807) is 11.0 Å². The SMILES string of the molecule is COc1ccc2c(C)c(C(=O)N3CC[C@H](CO)[C@H](O)C3)oc2c1OC. The fourth-order valence-electron chi connectivity index (χ4n) is 3.32. The quantitative estimate of drug-likeness (QED) is 0.871. The van der Waals surface area contributed by atoms with Crippen LogP contribution in [0.15, 0.2) is 16.5 Å². The molecule has 0 unspecified atom stereocenters. The molecule has 3 rings (SSSR count). The van der Waals surface area contributed by atoms with Gasteiger partial charge in [0.1, 0.15) is 0 Å². The van der Waals surface area contributed by atoms with Gasteiger partial charge >= 0.3 is 0 Å². The van der Waals surface area contributed by atoms with E-state index in [1.165, 1.54) is 14.2 Å². The van der Waals surface area contributed by atoms with E-state index in [9.17, 15) is 15.0 Å². The number of aryl methyl sites for hydroxylation is 1. The van der Waals surface area contributed by atoms with Gasteiger partial charge in [-0.05, 0) is 25.5 Å². The van der Waals surface area contributed by atoms with E-state index >= 15 is 0 Å². The van der Waals surface area contributed by atoms with Crippen molar-refractivity contribution in [3.05, 3.63) is 23.5 Å². The van der Waals surface area contributed by atoms with Gasteiger partial charge in [0, 0.05) is 36.6 Å². The lowest BCUT2D eigenvalue weighted by molar-refractivity contribution is -0.000195. The van der Waals surface area contributed by atoms with Crippen LogP contribution in [0.25, 0.3) is 11.0 Å². The lowest BCUT2D eigenvalue weighted by Gasteiger charge is -2.34. The molecule has 2 aromatic rings. The normalized spacial score (nSPS) is 20.8. The number of rotatable bonds is 4. The van der Waals surface area contributed by atoms with Crippen molar-refractivity contribution in [3.8, 4) is 11.5 Å². The van der Waals surface area contributed by atoms with Gasteiger partial charge < -0.3 is 29.0 Å². The van der Waals surface area contributed by atoms with Crippen molar-refractivity contribution < 1.29 is 28.9 Å². The van der Waals surface area contributed by atoms with Crippen LogP contribution in [0, 0.1) is 12.8 Å². The van der Waals surface area contributed by atoms with E-state index in [2.05, 4.69) is 0 Å². The number of furan rings is 1. The molecular formula is C18H23NO6. The second kappa shape index (κ2) is 6.93. The minimum Gasteiger partial charge on any atom is -0.493 e. The molecule has 0 bridgehead atoms. The van der Waals surface area contributed by atoms with Gasteiger partial charge in [0.2, 0.25) is 5.75 Å². The topological polar surface area (TPSA) is 92.4 Å². The molecule has 1 aromatic carbocycles. The Bertz CT molecular complexity index is 783. The molecule has 0 aliphatic carbocycles. The highest BCUT2D eigenvalue weighted by Crippen LogP contribution is 2.39. The average molecular weight is 349 g/mol. The molecule has 1 aliphatic heterocycles. The van der Waals surface area contributed by atoms with Gasteiger partial charge in [-0.2, -0.15) is 0 Å². The Morgan fingerprint density at radius 2 is 2.12 bits per heavy atom. The summed E-state index contributed by atoms with van der Waals surface area (Å²) in [6.07, 6.45) is -0.179. The summed E-state index contributed by atoms with van der Waals surface area (Å²) in [7, 11) is 3.06. The first-order valence-corrected chi connectivity index (χ1v) is 8.24. The summed E-state index contributed by atoms with van der Waals surface area (Å²) in [4.78, 5) is 14.4. The van der Waals surface area contributed by atoms with Gasteiger partial charge in [0.05, 0.1) is 20.3 Å². The predicted octanol–water partition coefficient (Wildman–Crippen LogP) is 1.57. The summed E-state index contributed by atoms with van der Waals surface area (Å²) >= 11 is 0. The Hall–Kier alpha value is -2.25. The van der Waals surface area contributed by atoms with E-state index in [-0.39, 0.29) is 30.7 Å². The lowest BCUT2D eigenvalue weighted by atomic mass is 9.94. The van der Waals surface area contributed by atoms with Gasteiger partial charge in [-0.15, -0.1) is 0 Å². The number of methoxy groups -OCH3 is 2. The number of carbonyl (C=O) groups is 1. The van der Waals surface area contributed by atoms with Crippen LogP contribution in [0.1, 0.15) is 22.5 Å². The highest BCUT2D eigenvalue weighted by molar-refractivity contribution is 6.00. The third kappa shape index (κ3) is 2.94. The number of likely N-dealkylation sites (tertiary alicyclic amines) is 1. The molecule has 1 saturated heterocycles. The van der Waals surface area contributed by atoms with Crippen molar-refractivity contribution in [1.29, 1.82) is 0 Å². The molecule has 1 aromatic heterocycles. The first-order chi connectivity index (χ1) is 12.0. The third-order valence-corrected chi connectivity index (χ3v) is 4.89. The van der Waals surface area contributed by atoms with Crippen LogP contribution in [-0.2, 0) is 0 Å². The smallest absolute Gasteiger partial charge is 0.289 e. The van der Waals surface area contributed by atoms with Crippen LogP contribution in [0.5, 0.6) is 11.5 Å². The van der Waals surface area contributed by atoms with E-state index in [0.29, 0.717) is 30.0 Å². The molecule has 2 atom stereocenters. The Kier molecular flexibility index (Phi) is 4.87. The molecule has 1 aliphatic rings. The number of aliphatic hydroxyl groups excluding tert-OH is 2. The number of β-amino-alcohol motifs (C(OH)–C–C–N with tert-alkyl or cyclic N) is 1. The van der Waals surface area contributed by atoms with Gasteiger partial charge in [0.25, 0.3) is 5.91 Å². The van der Waals surface area contributed by atoms with Crippen LogP contribution in [0.3, 0.4) is 0 Å². The van der Waals surface area contributed by atoms with Crippen LogP contribution >= 0.6 is 0 Å². The Morgan fingerprint density at radius 1 is 1.36 bits per heavy atom. The summed E-state index contributed by atoms with van der Waals surface area (Å²) in [6, 6.07) is 3.60. The molecule has 0 saturated carbocycles. The van der Waals surface area contributed by atoms with Crippen LogP contribution in [0.4, 0.5) is 0 Å². The lowest BCUT2D eigenvalue weighted by Crippen LogP contribution is -2.47. The zero-order valence-electron chi connectivity index (χ0n) is 14.6. The fraction of sp³-hybridized carbons (Fsp3) is 0.500. The number of aliphatic hydroxyl groups is 2. The molecule has 2 heterocycles. The monoisotopic (exact) mass is 349 g/mol. The Morgan fingerprint density at radius 3 is 2.72 bits per heavy atom. The highest BCUT2D eigenvalue weighted by Gasteiger charge is 2.32. The van der Waals surface area contributed by atoms with Crippen molar-refractivity contribution in [2.75, 3.05) is 33.9 Å². The van der Waals surface area contributed by atoms with Crippen molar-refractivity contribution in [2.24, 2.45) is 5.92 Å². The first kappa shape index (κ1) is 17.6. The summed E-state index contributed by atoms with van der Waals surface area (Å²) in [6.45, 7) is 2.39. The van der Waals surface area contributed by atoms with Crippen molar-refractivity contribution in [3.63, 3.8) is 0 Å². The number of piperidine rings is 1. The molecule has 0 spiro atoms. The minimum absolute atomic E-state index is 0.0795. The van der Waals surface area contributed by atoms with E-state index in [0.717, 1.165) is 10.9 Å². The molecule has 1 fully saturated rings. The number of fused-ring (bicyclic) bond motifs is 1.